The number of hydrogen-bond acceptors (Lipinski definition) is 5. The standard InChI is InChI=1S/C13H19F6NO2S2/c1-21-22-24-13(18,19)11(14,15)12(16,17)23-20-8-4-6-9-5-2-3-7-10(9)20/h9-10H,2-8H2,1H3. The van der Waals surface area contributed by atoms with Crippen LogP contribution in [0.1, 0.15) is 38.5 Å². The Hall–Kier alpha value is 0.160. The van der Waals surface area contributed by atoms with Crippen LogP contribution >= 0.6 is 24.0 Å². The van der Waals surface area contributed by atoms with Crippen LogP contribution in [0.15, 0.2) is 0 Å². The SMILES string of the molecule is COOSC(F)(F)C(F)(F)C(F)(F)SN1CCCC2CCCCC21. The maximum atomic E-state index is 14.0. The molecule has 1 saturated carbocycles. The van der Waals surface area contributed by atoms with E-state index in [0.29, 0.717) is 12.8 Å². The van der Waals surface area contributed by atoms with E-state index in [9.17, 15) is 26.3 Å². The first kappa shape index (κ1) is 20.5. The Morgan fingerprint density at radius 2 is 1.54 bits per heavy atom. The summed E-state index contributed by atoms with van der Waals surface area (Å²) in [6.07, 6.45) is 4.74. The molecule has 2 atom stereocenters. The first-order valence-corrected chi connectivity index (χ1v) is 9.11. The molecule has 0 bridgehead atoms. The highest BCUT2D eigenvalue weighted by Gasteiger charge is 2.74. The summed E-state index contributed by atoms with van der Waals surface area (Å²) in [5, 5.41) is -10.1. The fourth-order valence-corrected chi connectivity index (χ4v) is 4.82. The molecule has 0 aromatic carbocycles. The van der Waals surface area contributed by atoms with Crippen LogP contribution < -0.4 is 0 Å². The lowest BCUT2D eigenvalue weighted by Crippen LogP contribution is -2.54. The molecule has 0 spiro atoms. The lowest BCUT2D eigenvalue weighted by Gasteiger charge is -2.45. The van der Waals surface area contributed by atoms with Crippen molar-refractivity contribution in [1.82, 2.24) is 4.31 Å². The highest BCUT2D eigenvalue weighted by molar-refractivity contribution is 7.98. The molecule has 1 aliphatic carbocycles. The largest absolute Gasteiger partial charge is 0.395 e. The Morgan fingerprint density at radius 3 is 2.21 bits per heavy atom. The van der Waals surface area contributed by atoms with Crippen LogP contribution in [0, 0.1) is 5.92 Å². The highest BCUT2D eigenvalue weighted by atomic mass is 32.2. The minimum atomic E-state index is -5.60. The number of piperidine rings is 1. The van der Waals surface area contributed by atoms with E-state index in [0.717, 1.165) is 32.8 Å². The van der Waals surface area contributed by atoms with Gasteiger partial charge in [0, 0.05) is 24.5 Å². The zero-order valence-electron chi connectivity index (χ0n) is 13.0. The molecule has 1 aliphatic heterocycles. The molecule has 2 unspecified atom stereocenters. The fraction of sp³-hybridized carbons (Fsp3) is 1.00. The van der Waals surface area contributed by atoms with Crippen molar-refractivity contribution in [3.63, 3.8) is 0 Å². The number of hydrogen-bond donors (Lipinski definition) is 0. The summed E-state index contributed by atoms with van der Waals surface area (Å²) in [5.41, 5.74) is 0. The van der Waals surface area contributed by atoms with Crippen molar-refractivity contribution in [2.45, 2.75) is 61.0 Å². The smallest absolute Gasteiger partial charge is 0.242 e. The van der Waals surface area contributed by atoms with Gasteiger partial charge in [0.2, 0.25) is 0 Å². The van der Waals surface area contributed by atoms with Gasteiger partial charge in [-0.15, -0.1) is 0 Å². The van der Waals surface area contributed by atoms with Crippen LogP contribution in [-0.4, -0.2) is 40.4 Å². The second-order valence-corrected chi connectivity index (χ2v) is 7.89. The summed E-state index contributed by atoms with van der Waals surface area (Å²) in [4.78, 5) is 3.79. The Morgan fingerprint density at radius 1 is 0.917 bits per heavy atom. The number of alkyl halides is 6. The van der Waals surface area contributed by atoms with Gasteiger partial charge in [-0.25, -0.2) is 9.19 Å². The predicted molar refractivity (Wildman–Crippen MR) is 79.8 cm³/mol. The van der Waals surface area contributed by atoms with Gasteiger partial charge in [-0.05, 0) is 31.6 Å². The third kappa shape index (κ3) is 4.11. The van der Waals surface area contributed by atoms with E-state index in [1.54, 1.807) is 0 Å². The third-order valence-corrected chi connectivity index (χ3v) is 6.21. The van der Waals surface area contributed by atoms with Gasteiger partial charge >= 0.3 is 16.4 Å². The third-order valence-electron chi connectivity index (χ3n) is 4.36. The van der Waals surface area contributed by atoms with E-state index in [-0.39, 0.29) is 18.5 Å². The van der Waals surface area contributed by atoms with Crippen LogP contribution in [0.4, 0.5) is 26.3 Å². The zero-order chi connectivity index (χ0) is 18.0. The minimum Gasteiger partial charge on any atom is -0.242 e. The van der Waals surface area contributed by atoms with Gasteiger partial charge in [-0.2, -0.15) is 30.7 Å². The first-order chi connectivity index (χ1) is 11.1. The van der Waals surface area contributed by atoms with Gasteiger partial charge in [-0.3, -0.25) is 0 Å². The molecule has 2 fully saturated rings. The molecular weight excluding hydrogens is 380 g/mol. The Kier molecular flexibility index (Phi) is 6.66. The van der Waals surface area contributed by atoms with Gasteiger partial charge in [-0.1, -0.05) is 12.8 Å². The van der Waals surface area contributed by atoms with Crippen LogP contribution in [0.3, 0.4) is 0 Å². The lowest BCUT2D eigenvalue weighted by atomic mass is 9.79. The van der Waals surface area contributed by atoms with Crippen molar-refractivity contribution in [3.8, 4) is 0 Å². The molecule has 0 aromatic heterocycles. The minimum absolute atomic E-state index is 0.163. The molecule has 1 heterocycles. The summed E-state index contributed by atoms with van der Waals surface area (Å²) < 4.78 is 87.5. The molecule has 0 amide bonds. The maximum absolute atomic E-state index is 14.0. The Bertz CT molecular complexity index is 427. The van der Waals surface area contributed by atoms with E-state index >= 15 is 0 Å². The van der Waals surface area contributed by atoms with Crippen molar-refractivity contribution >= 4 is 24.0 Å². The molecular formula is C13H19F6NO2S2. The van der Waals surface area contributed by atoms with Crippen molar-refractivity contribution in [3.05, 3.63) is 0 Å². The van der Waals surface area contributed by atoms with Gasteiger partial charge < -0.3 is 0 Å². The number of fused-ring (bicyclic) bond motifs is 1. The number of rotatable bonds is 7. The maximum Gasteiger partial charge on any atom is 0.395 e. The summed E-state index contributed by atoms with van der Waals surface area (Å²) in [7, 11) is 0.811. The summed E-state index contributed by atoms with van der Waals surface area (Å²) in [6.45, 7) is 0.185. The Labute approximate surface area is 145 Å². The first-order valence-electron chi connectivity index (χ1n) is 7.60. The Balaban J connectivity index is 2.10. The molecule has 0 radical (unpaired) electrons. The van der Waals surface area contributed by atoms with Gasteiger partial charge in [0.1, 0.15) is 12.0 Å². The molecule has 2 rings (SSSR count). The quantitative estimate of drug-likeness (QED) is 0.189. The van der Waals surface area contributed by atoms with Crippen LogP contribution in [0.2, 0.25) is 0 Å². The monoisotopic (exact) mass is 399 g/mol. The summed E-state index contributed by atoms with van der Waals surface area (Å²) in [6, 6.07) is -0.268. The van der Waals surface area contributed by atoms with Crippen LogP contribution in [0.25, 0.3) is 0 Å². The second kappa shape index (κ2) is 7.81. The molecule has 142 valence electrons. The van der Waals surface area contributed by atoms with Crippen molar-refractivity contribution in [2.75, 3.05) is 13.7 Å². The van der Waals surface area contributed by atoms with Crippen molar-refractivity contribution in [1.29, 1.82) is 0 Å². The van der Waals surface area contributed by atoms with E-state index in [1.807, 2.05) is 0 Å². The summed E-state index contributed by atoms with van der Waals surface area (Å²) >= 11 is -1.58. The lowest BCUT2D eigenvalue weighted by molar-refractivity contribution is -0.247. The van der Waals surface area contributed by atoms with Crippen LogP contribution in [0.5, 0.6) is 0 Å². The molecule has 1 saturated heterocycles. The summed E-state index contributed by atoms with van der Waals surface area (Å²) in [5.74, 6) is -5.44. The normalized spacial score (nSPS) is 27.1. The predicted octanol–water partition coefficient (Wildman–Crippen LogP) is 5.34. The van der Waals surface area contributed by atoms with E-state index in [2.05, 4.69) is 9.22 Å². The number of halogens is 6. The molecule has 24 heavy (non-hydrogen) atoms. The average Bonchev–Trinajstić information content (AvgIpc) is 2.52. The zero-order valence-corrected chi connectivity index (χ0v) is 14.6. The molecule has 2 aliphatic rings. The number of nitrogens with zero attached hydrogens (tertiary/aromatic N) is 1. The molecule has 3 nitrogen and oxygen atoms in total. The van der Waals surface area contributed by atoms with Crippen molar-refractivity contribution in [2.24, 2.45) is 5.92 Å². The van der Waals surface area contributed by atoms with E-state index in [1.165, 1.54) is 4.31 Å². The van der Waals surface area contributed by atoms with Crippen LogP contribution in [-0.2, 0) is 9.22 Å². The second-order valence-electron chi connectivity index (χ2n) is 5.91. The topological polar surface area (TPSA) is 21.7 Å². The van der Waals surface area contributed by atoms with E-state index in [4.69, 9.17) is 0 Å². The van der Waals surface area contributed by atoms with Gasteiger partial charge in [0.25, 0.3) is 0 Å². The highest BCUT2D eigenvalue weighted by Crippen LogP contribution is 2.57. The molecule has 11 heteroatoms. The fourth-order valence-electron chi connectivity index (χ4n) is 3.20. The van der Waals surface area contributed by atoms with Crippen molar-refractivity contribution < 1.29 is 35.6 Å². The van der Waals surface area contributed by atoms with Gasteiger partial charge in [0.15, 0.2) is 0 Å². The van der Waals surface area contributed by atoms with E-state index < -0.39 is 40.4 Å². The molecule has 0 aromatic rings. The molecule has 0 N–H and O–H groups in total. The van der Waals surface area contributed by atoms with Gasteiger partial charge in [0.05, 0.1) is 7.11 Å². The average molecular weight is 399 g/mol.